The first kappa shape index (κ1) is 18.9. The zero-order valence-corrected chi connectivity index (χ0v) is 16.4. The van der Waals surface area contributed by atoms with Crippen LogP contribution in [0.1, 0.15) is 31.4 Å². The number of carbonyl (C=O) groups is 1. The number of fused-ring (bicyclic) bond motifs is 1. The Bertz CT molecular complexity index is 880. The van der Waals surface area contributed by atoms with E-state index in [0.29, 0.717) is 5.17 Å². The maximum Gasteiger partial charge on any atom is 0.262 e. The quantitative estimate of drug-likeness (QED) is 0.782. The molecule has 2 aliphatic rings. The Hall–Kier alpha value is -1.85. The highest BCUT2D eigenvalue weighted by molar-refractivity contribution is 8.16. The summed E-state index contributed by atoms with van der Waals surface area (Å²) in [4.78, 5) is 18.1. The number of hydrogen-bond donors (Lipinski definition) is 0. The van der Waals surface area contributed by atoms with Crippen LogP contribution in [0.2, 0.25) is 0 Å². The molecule has 0 spiro atoms. The van der Waals surface area contributed by atoms with E-state index in [4.69, 9.17) is 5.26 Å². The molecule has 0 unspecified atom stereocenters. The lowest BCUT2D eigenvalue weighted by Crippen LogP contribution is -2.39. The van der Waals surface area contributed by atoms with Gasteiger partial charge in [0.25, 0.3) is 5.91 Å². The average molecular weight is 392 g/mol. The molecule has 0 aromatic heterocycles. The van der Waals surface area contributed by atoms with Crippen LogP contribution in [-0.4, -0.2) is 42.3 Å². The highest BCUT2D eigenvalue weighted by Gasteiger charge is 2.50. The predicted octanol–water partition coefficient (Wildman–Crippen LogP) is 2.33. The van der Waals surface area contributed by atoms with Crippen LogP contribution in [-0.2, 0) is 27.5 Å². The van der Waals surface area contributed by atoms with Crippen LogP contribution < -0.4 is 4.90 Å². The molecule has 3 rings (SSSR count). The summed E-state index contributed by atoms with van der Waals surface area (Å²) in [5, 5.41) is 9.13. The number of aliphatic imine (C=N–C) groups is 1. The average Bonchev–Trinajstić information content (AvgIpc) is 3.05. The number of nitrogens with zero attached hydrogens (tertiary/aromatic N) is 3. The summed E-state index contributed by atoms with van der Waals surface area (Å²) in [5.41, 5.74) is 3.18. The first-order valence-corrected chi connectivity index (χ1v) is 11.4. The molecular formula is C18H21N3O3S2. The summed E-state index contributed by atoms with van der Waals surface area (Å²) in [6.45, 7) is 4.12. The van der Waals surface area contributed by atoms with E-state index in [1.807, 2.05) is 29.2 Å². The minimum absolute atomic E-state index is 0.0668. The molecule has 0 saturated carbocycles. The highest BCUT2D eigenvalue weighted by atomic mass is 32.2. The van der Waals surface area contributed by atoms with E-state index in [0.717, 1.165) is 29.7 Å². The van der Waals surface area contributed by atoms with Crippen LogP contribution in [0.3, 0.4) is 0 Å². The van der Waals surface area contributed by atoms with Crippen molar-refractivity contribution in [3.8, 4) is 6.07 Å². The Kier molecular flexibility index (Phi) is 5.39. The number of para-hydroxylation sites is 1. The third-order valence-electron chi connectivity index (χ3n) is 4.72. The zero-order valence-electron chi connectivity index (χ0n) is 14.8. The van der Waals surface area contributed by atoms with Gasteiger partial charge in [-0.25, -0.2) is 8.42 Å². The Morgan fingerprint density at radius 1 is 1.31 bits per heavy atom. The van der Waals surface area contributed by atoms with Gasteiger partial charge in [-0.05, 0) is 24.0 Å². The molecule has 0 radical (unpaired) electrons. The van der Waals surface area contributed by atoms with E-state index in [-0.39, 0.29) is 29.2 Å². The fourth-order valence-electron chi connectivity index (χ4n) is 3.56. The summed E-state index contributed by atoms with van der Waals surface area (Å²) in [6.07, 6.45) is 1.32. The monoisotopic (exact) mass is 391 g/mol. The predicted molar refractivity (Wildman–Crippen MR) is 104 cm³/mol. The molecule has 2 aliphatic heterocycles. The van der Waals surface area contributed by atoms with Gasteiger partial charge in [-0.15, -0.1) is 0 Å². The van der Waals surface area contributed by atoms with E-state index < -0.39 is 15.7 Å². The van der Waals surface area contributed by atoms with Gasteiger partial charge in [-0.1, -0.05) is 43.8 Å². The second kappa shape index (κ2) is 7.41. The Morgan fingerprint density at radius 3 is 2.54 bits per heavy atom. The topological polar surface area (TPSA) is 90.6 Å². The molecule has 26 heavy (non-hydrogen) atoms. The van der Waals surface area contributed by atoms with Crippen molar-refractivity contribution in [2.75, 3.05) is 16.4 Å². The first-order valence-electron chi connectivity index (χ1n) is 8.65. The van der Waals surface area contributed by atoms with Crippen molar-refractivity contribution < 1.29 is 13.2 Å². The van der Waals surface area contributed by atoms with E-state index in [1.165, 1.54) is 11.8 Å². The number of carbonyl (C=O) groups excluding carboxylic acids is 1. The molecule has 2 heterocycles. The number of amidine groups is 1. The van der Waals surface area contributed by atoms with Crippen LogP contribution in [0, 0.1) is 11.3 Å². The Labute approximate surface area is 158 Å². The normalized spacial score (nSPS) is 25.3. The Balaban J connectivity index is 2.13. The number of hydrogen-bond acceptors (Lipinski definition) is 5. The molecule has 8 heteroatoms. The fourth-order valence-corrected chi connectivity index (χ4v) is 7.48. The van der Waals surface area contributed by atoms with Crippen LogP contribution in [0.4, 0.5) is 5.69 Å². The molecule has 1 aromatic carbocycles. The number of amides is 1. The van der Waals surface area contributed by atoms with Gasteiger partial charge in [0.15, 0.2) is 15.0 Å². The summed E-state index contributed by atoms with van der Waals surface area (Å²) in [7, 11) is -3.10. The van der Waals surface area contributed by atoms with Crippen molar-refractivity contribution in [1.29, 1.82) is 5.26 Å². The molecule has 2 fully saturated rings. The summed E-state index contributed by atoms with van der Waals surface area (Å²) < 4.78 is 24.3. The van der Waals surface area contributed by atoms with Crippen molar-refractivity contribution in [2.24, 2.45) is 4.99 Å². The lowest BCUT2D eigenvalue weighted by Gasteiger charge is -2.29. The number of sulfone groups is 1. The second-order valence-electron chi connectivity index (χ2n) is 6.43. The number of thioether (sulfide) groups is 1. The van der Waals surface area contributed by atoms with Gasteiger partial charge in [0.1, 0.15) is 6.42 Å². The molecule has 0 N–H and O–H groups in total. The van der Waals surface area contributed by atoms with Crippen molar-refractivity contribution in [1.82, 2.24) is 0 Å². The molecule has 2 saturated heterocycles. The zero-order chi connectivity index (χ0) is 18.9. The van der Waals surface area contributed by atoms with Gasteiger partial charge in [0.2, 0.25) is 0 Å². The molecule has 0 aliphatic carbocycles. The van der Waals surface area contributed by atoms with Crippen molar-refractivity contribution >= 4 is 38.4 Å². The van der Waals surface area contributed by atoms with Crippen molar-refractivity contribution in [3.05, 3.63) is 29.3 Å². The summed E-state index contributed by atoms with van der Waals surface area (Å²) in [5.74, 6) is -0.327. The van der Waals surface area contributed by atoms with Gasteiger partial charge < -0.3 is 4.90 Å². The molecular weight excluding hydrogens is 370 g/mol. The largest absolute Gasteiger partial charge is 0.315 e. The fraction of sp³-hybridized carbons (Fsp3) is 0.500. The summed E-state index contributed by atoms with van der Waals surface area (Å²) >= 11 is 1.35. The Morgan fingerprint density at radius 2 is 1.96 bits per heavy atom. The van der Waals surface area contributed by atoms with Crippen LogP contribution >= 0.6 is 11.8 Å². The lowest BCUT2D eigenvalue weighted by molar-refractivity contribution is -0.116. The summed E-state index contributed by atoms with van der Waals surface area (Å²) in [6, 6.07) is 7.67. The SMILES string of the molecule is CCc1cccc(CC)c1N1C(=NC(=O)CC#N)S[C@@H]2CS(=O)(=O)C[C@H]21. The third kappa shape index (κ3) is 3.51. The second-order valence-corrected chi connectivity index (χ2v) is 9.79. The minimum atomic E-state index is -3.10. The van der Waals surface area contributed by atoms with Gasteiger partial charge in [0.05, 0.1) is 23.6 Å². The van der Waals surface area contributed by atoms with Gasteiger partial charge in [0, 0.05) is 10.9 Å². The smallest absolute Gasteiger partial charge is 0.262 e. The van der Waals surface area contributed by atoms with E-state index in [1.54, 1.807) is 0 Å². The van der Waals surface area contributed by atoms with Crippen molar-refractivity contribution in [3.63, 3.8) is 0 Å². The lowest BCUT2D eigenvalue weighted by atomic mass is 10.0. The van der Waals surface area contributed by atoms with Crippen LogP contribution in [0.15, 0.2) is 23.2 Å². The third-order valence-corrected chi connectivity index (χ3v) is 7.93. The minimum Gasteiger partial charge on any atom is -0.315 e. The van der Waals surface area contributed by atoms with Crippen LogP contribution in [0.5, 0.6) is 0 Å². The van der Waals surface area contributed by atoms with Crippen molar-refractivity contribution in [2.45, 2.75) is 44.4 Å². The maximum absolute atomic E-state index is 12.2. The molecule has 6 nitrogen and oxygen atoms in total. The highest BCUT2D eigenvalue weighted by Crippen LogP contribution is 2.43. The number of aryl methyl sites for hydroxylation is 2. The van der Waals surface area contributed by atoms with Gasteiger partial charge in [-0.2, -0.15) is 10.3 Å². The maximum atomic E-state index is 12.2. The molecule has 1 amide bonds. The van der Waals surface area contributed by atoms with Gasteiger partial charge >= 0.3 is 0 Å². The number of benzene rings is 1. The van der Waals surface area contributed by atoms with Gasteiger partial charge in [-0.3, -0.25) is 4.79 Å². The molecule has 2 atom stereocenters. The number of rotatable bonds is 4. The van der Waals surface area contributed by atoms with E-state index >= 15 is 0 Å². The number of anilines is 1. The first-order chi connectivity index (χ1) is 12.4. The molecule has 0 bridgehead atoms. The van der Waals surface area contributed by atoms with E-state index in [9.17, 15) is 13.2 Å². The van der Waals surface area contributed by atoms with E-state index in [2.05, 4.69) is 18.8 Å². The van der Waals surface area contributed by atoms with Crippen LogP contribution in [0.25, 0.3) is 0 Å². The standard InChI is InChI=1S/C18H21N3O3S2/c1-3-12-6-5-7-13(4-2)17(12)21-14-10-26(23,24)11-15(14)25-18(21)20-16(22)8-9-19/h5-7,14-15H,3-4,8,10-11H2,1-2H3/t14-,15-/m1/s1. The number of nitriles is 1. The molecule has 1 aromatic rings. The molecule has 138 valence electrons.